The average molecular weight is 387 g/mol. The van der Waals surface area contributed by atoms with Crippen LogP contribution in [0.5, 0.6) is 0 Å². The summed E-state index contributed by atoms with van der Waals surface area (Å²) in [6.45, 7) is 0. The fraction of sp³-hybridized carbons (Fsp3) is 0.312. The number of nitrogens with zero attached hydrogens (tertiary/aromatic N) is 2. The van der Waals surface area contributed by atoms with E-state index in [1.54, 1.807) is 6.07 Å². The van der Waals surface area contributed by atoms with Crippen LogP contribution in [0, 0.1) is 11.3 Å². The second-order valence-corrected chi connectivity index (χ2v) is 8.33. The number of halogens is 3. The molecule has 0 fully saturated rings. The van der Waals surface area contributed by atoms with Gasteiger partial charge in [0.25, 0.3) is 5.92 Å². The van der Waals surface area contributed by atoms with E-state index in [4.69, 9.17) is 16.9 Å². The van der Waals surface area contributed by atoms with Crippen LogP contribution < -0.4 is 0 Å². The molecule has 25 heavy (non-hydrogen) atoms. The third-order valence-corrected chi connectivity index (χ3v) is 5.68. The molecule has 1 heterocycles. The van der Waals surface area contributed by atoms with Crippen molar-refractivity contribution >= 4 is 21.4 Å². The number of aliphatic hydroxyl groups excluding tert-OH is 1. The summed E-state index contributed by atoms with van der Waals surface area (Å²) in [5, 5.41) is 19.4. The van der Waals surface area contributed by atoms with Crippen LogP contribution in [0.15, 0.2) is 29.3 Å². The Balaban J connectivity index is 2.30. The Labute approximate surface area is 148 Å². The zero-order chi connectivity index (χ0) is 18.6. The molecule has 132 valence electrons. The van der Waals surface area contributed by atoms with Crippen molar-refractivity contribution in [1.29, 1.82) is 5.26 Å². The minimum Gasteiger partial charge on any atom is -0.382 e. The Morgan fingerprint density at radius 1 is 1.44 bits per heavy atom. The lowest BCUT2D eigenvalue weighted by Crippen LogP contribution is -2.32. The van der Waals surface area contributed by atoms with Gasteiger partial charge in [0.15, 0.2) is 9.84 Å². The quantitative estimate of drug-likeness (QED) is 0.860. The first-order valence-corrected chi connectivity index (χ1v) is 9.53. The summed E-state index contributed by atoms with van der Waals surface area (Å²) in [4.78, 5) is -0.345. The van der Waals surface area contributed by atoms with Gasteiger partial charge >= 0.3 is 0 Å². The fourth-order valence-corrected chi connectivity index (χ4v) is 4.08. The minimum absolute atomic E-state index is 0.112. The first-order valence-electron chi connectivity index (χ1n) is 7.26. The maximum atomic E-state index is 13.9. The highest BCUT2D eigenvalue weighted by molar-refractivity contribution is 7.90. The zero-order valence-electron chi connectivity index (χ0n) is 13.0. The standard InChI is InChI=1S/C16H13ClF2N2O3S/c1-25(23,24)13-8-21(10-2-3-11(17)9(6-10)7-20)12-4-5-16(18,19)15(22)14(12)13/h2-3,6,8,15,22H,4-5H2,1H3. The van der Waals surface area contributed by atoms with Crippen LogP contribution in [-0.2, 0) is 16.3 Å². The molecule has 0 radical (unpaired) electrons. The molecule has 1 N–H and O–H groups in total. The van der Waals surface area contributed by atoms with Crippen molar-refractivity contribution in [3.8, 4) is 11.8 Å². The SMILES string of the molecule is CS(=O)(=O)c1cn(-c2ccc(Cl)c(C#N)c2)c2c1C(O)C(F)(F)CC2. The van der Waals surface area contributed by atoms with Crippen molar-refractivity contribution in [3.63, 3.8) is 0 Å². The van der Waals surface area contributed by atoms with E-state index in [2.05, 4.69) is 0 Å². The molecule has 1 atom stereocenters. The first-order chi connectivity index (χ1) is 11.6. The van der Waals surface area contributed by atoms with E-state index in [0.717, 1.165) is 6.26 Å². The summed E-state index contributed by atoms with van der Waals surface area (Å²) in [5.41, 5.74) is 0.575. The van der Waals surface area contributed by atoms with Crippen LogP contribution in [0.3, 0.4) is 0 Å². The number of aliphatic hydroxyl groups is 1. The van der Waals surface area contributed by atoms with Crippen LogP contribution in [0.1, 0.15) is 29.3 Å². The molecule has 1 aromatic heterocycles. The number of aromatic nitrogens is 1. The lowest BCUT2D eigenvalue weighted by Gasteiger charge is -2.29. The van der Waals surface area contributed by atoms with Gasteiger partial charge in [-0.15, -0.1) is 0 Å². The van der Waals surface area contributed by atoms with Gasteiger partial charge in [-0.2, -0.15) is 5.26 Å². The Morgan fingerprint density at radius 2 is 2.12 bits per heavy atom. The van der Waals surface area contributed by atoms with Gasteiger partial charge < -0.3 is 9.67 Å². The number of benzene rings is 1. The monoisotopic (exact) mass is 386 g/mol. The maximum absolute atomic E-state index is 13.9. The van der Waals surface area contributed by atoms with Crippen LogP contribution in [0.2, 0.25) is 5.02 Å². The molecule has 0 saturated carbocycles. The molecule has 3 rings (SSSR count). The summed E-state index contributed by atoms with van der Waals surface area (Å²) in [5.74, 6) is -3.41. The van der Waals surface area contributed by atoms with E-state index in [1.165, 1.54) is 22.9 Å². The number of fused-ring (bicyclic) bond motifs is 1. The van der Waals surface area contributed by atoms with Gasteiger partial charge in [-0.05, 0) is 24.6 Å². The number of nitriles is 1. The number of sulfone groups is 1. The number of hydrogen-bond donors (Lipinski definition) is 1. The molecule has 0 bridgehead atoms. The summed E-state index contributed by atoms with van der Waals surface area (Å²) in [7, 11) is -3.84. The van der Waals surface area contributed by atoms with Crippen LogP contribution in [-0.4, -0.2) is 30.3 Å². The summed E-state index contributed by atoms with van der Waals surface area (Å²) >= 11 is 5.90. The number of hydrogen-bond acceptors (Lipinski definition) is 4. The molecule has 9 heteroatoms. The molecular formula is C16H13ClF2N2O3S. The molecule has 1 aliphatic rings. The smallest absolute Gasteiger partial charge is 0.278 e. The third-order valence-electron chi connectivity index (χ3n) is 4.23. The largest absolute Gasteiger partial charge is 0.382 e. The third kappa shape index (κ3) is 2.92. The molecule has 2 aromatic rings. The van der Waals surface area contributed by atoms with E-state index >= 15 is 0 Å². The lowest BCUT2D eigenvalue weighted by atomic mass is 9.91. The lowest BCUT2D eigenvalue weighted by molar-refractivity contribution is -0.123. The number of alkyl halides is 2. The van der Waals surface area contributed by atoms with Crippen molar-refractivity contribution in [2.75, 3.05) is 6.26 Å². The van der Waals surface area contributed by atoms with Crippen molar-refractivity contribution in [3.05, 3.63) is 46.2 Å². The highest BCUT2D eigenvalue weighted by Gasteiger charge is 2.47. The Morgan fingerprint density at radius 3 is 2.72 bits per heavy atom. The topological polar surface area (TPSA) is 83.1 Å². The van der Waals surface area contributed by atoms with E-state index in [1.807, 2.05) is 6.07 Å². The Bertz CT molecular complexity index is 1010. The summed E-state index contributed by atoms with van der Waals surface area (Å²) in [6.07, 6.45) is -0.818. The average Bonchev–Trinajstić information content (AvgIpc) is 2.92. The molecule has 0 saturated heterocycles. The molecule has 1 aromatic carbocycles. The van der Waals surface area contributed by atoms with Crippen LogP contribution in [0.25, 0.3) is 5.69 Å². The first kappa shape index (κ1) is 17.9. The van der Waals surface area contributed by atoms with Gasteiger partial charge in [-0.1, -0.05) is 11.6 Å². The van der Waals surface area contributed by atoms with Gasteiger partial charge in [0.1, 0.15) is 12.2 Å². The van der Waals surface area contributed by atoms with E-state index in [-0.39, 0.29) is 33.2 Å². The Hall–Kier alpha value is -1.95. The summed E-state index contributed by atoms with van der Waals surface area (Å²) < 4.78 is 53.3. The molecule has 0 aliphatic heterocycles. The van der Waals surface area contributed by atoms with Gasteiger partial charge in [-0.3, -0.25) is 0 Å². The van der Waals surface area contributed by atoms with Gasteiger partial charge in [-0.25, -0.2) is 17.2 Å². The normalized spacial score (nSPS) is 19.3. The second-order valence-electron chi connectivity index (χ2n) is 5.94. The van der Waals surface area contributed by atoms with Gasteiger partial charge in [0.05, 0.1) is 15.5 Å². The van der Waals surface area contributed by atoms with Crippen molar-refractivity contribution in [2.24, 2.45) is 0 Å². The molecule has 5 nitrogen and oxygen atoms in total. The molecule has 0 spiro atoms. The van der Waals surface area contributed by atoms with Gasteiger partial charge in [0.2, 0.25) is 0 Å². The molecule has 1 unspecified atom stereocenters. The molecule has 0 amide bonds. The highest BCUT2D eigenvalue weighted by Crippen LogP contribution is 2.45. The minimum atomic E-state index is -3.84. The maximum Gasteiger partial charge on any atom is 0.278 e. The van der Waals surface area contributed by atoms with Crippen molar-refractivity contribution in [1.82, 2.24) is 4.57 Å². The highest BCUT2D eigenvalue weighted by atomic mass is 35.5. The Kier molecular flexibility index (Phi) is 4.14. The zero-order valence-corrected chi connectivity index (χ0v) is 14.6. The van der Waals surface area contributed by atoms with Crippen molar-refractivity contribution in [2.45, 2.75) is 29.8 Å². The molecule has 1 aliphatic carbocycles. The van der Waals surface area contributed by atoms with Crippen LogP contribution >= 0.6 is 11.6 Å². The van der Waals surface area contributed by atoms with Gasteiger partial charge in [0, 0.05) is 35.8 Å². The van der Waals surface area contributed by atoms with E-state index < -0.39 is 28.3 Å². The van der Waals surface area contributed by atoms with Crippen molar-refractivity contribution < 1.29 is 22.3 Å². The predicted octanol–water partition coefficient (Wildman–Crippen LogP) is 3.02. The fourth-order valence-electron chi connectivity index (χ4n) is 2.99. The summed E-state index contributed by atoms with van der Waals surface area (Å²) in [6, 6.07) is 6.37. The van der Waals surface area contributed by atoms with Crippen LogP contribution in [0.4, 0.5) is 8.78 Å². The number of rotatable bonds is 2. The van der Waals surface area contributed by atoms with E-state index in [9.17, 15) is 22.3 Å². The second kappa shape index (κ2) is 5.80. The van der Waals surface area contributed by atoms with E-state index in [0.29, 0.717) is 5.69 Å². The molecular weight excluding hydrogens is 374 g/mol. The predicted molar refractivity (Wildman–Crippen MR) is 86.8 cm³/mol.